The summed E-state index contributed by atoms with van der Waals surface area (Å²) in [4.78, 5) is 21.4. The van der Waals surface area contributed by atoms with Crippen LogP contribution in [0.15, 0.2) is 50.2 Å². The Bertz CT molecular complexity index is 1120. The third-order valence-electron chi connectivity index (χ3n) is 3.74. The molecule has 26 heavy (non-hydrogen) atoms. The number of halogens is 1. The van der Waals surface area contributed by atoms with E-state index in [4.69, 9.17) is 4.52 Å². The minimum Gasteiger partial charge on any atom is -0.334 e. The van der Waals surface area contributed by atoms with Crippen LogP contribution in [0.4, 0.5) is 4.39 Å². The van der Waals surface area contributed by atoms with E-state index >= 15 is 0 Å². The second-order valence-electron chi connectivity index (χ2n) is 5.39. The molecule has 0 aliphatic heterocycles. The maximum absolute atomic E-state index is 13.0. The van der Waals surface area contributed by atoms with Crippen LogP contribution in [0.1, 0.15) is 12.7 Å². The SMILES string of the molecule is CCn1c(SCc2noc(-c3ccc(F)cc3)n2)nc2ccsc2c1=O. The molecule has 0 saturated carbocycles. The molecule has 3 aromatic heterocycles. The van der Waals surface area contributed by atoms with Crippen LogP contribution >= 0.6 is 23.1 Å². The first-order valence-corrected chi connectivity index (χ1v) is 9.71. The number of hydrogen-bond donors (Lipinski definition) is 0. The Morgan fingerprint density at radius 1 is 1.23 bits per heavy atom. The summed E-state index contributed by atoms with van der Waals surface area (Å²) in [6.45, 7) is 2.45. The fourth-order valence-electron chi connectivity index (χ4n) is 2.46. The molecule has 0 aliphatic carbocycles. The van der Waals surface area contributed by atoms with E-state index < -0.39 is 0 Å². The van der Waals surface area contributed by atoms with E-state index in [1.165, 1.54) is 35.2 Å². The van der Waals surface area contributed by atoms with Crippen LogP contribution in [0.3, 0.4) is 0 Å². The molecule has 0 aliphatic rings. The molecule has 1 aromatic carbocycles. The molecule has 9 heteroatoms. The molecule has 132 valence electrons. The second-order valence-corrected chi connectivity index (χ2v) is 7.25. The smallest absolute Gasteiger partial charge is 0.272 e. The van der Waals surface area contributed by atoms with Crippen molar-refractivity contribution in [2.45, 2.75) is 24.4 Å². The number of aromatic nitrogens is 4. The molecule has 4 aromatic rings. The van der Waals surface area contributed by atoms with Gasteiger partial charge in [-0.05, 0) is 42.6 Å². The van der Waals surface area contributed by atoms with Gasteiger partial charge in [-0.2, -0.15) is 4.98 Å². The zero-order valence-corrected chi connectivity index (χ0v) is 15.3. The Morgan fingerprint density at radius 3 is 2.81 bits per heavy atom. The van der Waals surface area contributed by atoms with Gasteiger partial charge in [-0.3, -0.25) is 9.36 Å². The summed E-state index contributed by atoms with van der Waals surface area (Å²) in [6, 6.07) is 7.69. The highest BCUT2D eigenvalue weighted by molar-refractivity contribution is 7.98. The molecule has 0 unspecified atom stereocenters. The van der Waals surface area contributed by atoms with Gasteiger partial charge in [-0.1, -0.05) is 16.9 Å². The number of thiophene rings is 1. The predicted molar refractivity (Wildman–Crippen MR) is 98.8 cm³/mol. The first-order chi connectivity index (χ1) is 12.7. The van der Waals surface area contributed by atoms with Crippen molar-refractivity contribution in [2.24, 2.45) is 0 Å². The van der Waals surface area contributed by atoms with Crippen LogP contribution in [-0.4, -0.2) is 19.7 Å². The molecule has 0 atom stereocenters. The quantitative estimate of drug-likeness (QED) is 0.381. The Balaban J connectivity index is 1.57. The summed E-state index contributed by atoms with van der Waals surface area (Å²) in [5, 5.41) is 6.43. The van der Waals surface area contributed by atoms with Crippen molar-refractivity contribution in [1.82, 2.24) is 19.7 Å². The van der Waals surface area contributed by atoms with E-state index in [1.807, 2.05) is 18.4 Å². The number of fused-ring (bicyclic) bond motifs is 1. The average Bonchev–Trinajstić information content (AvgIpc) is 3.30. The molecule has 0 radical (unpaired) electrons. The molecule has 3 heterocycles. The Morgan fingerprint density at radius 2 is 2.04 bits per heavy atom. The third kappa shape index (κ3) is 3.15. The summed E-state index contributed by atoms with van der Waals surface area (Å²) in [7, 11) is 0. The second kappa shape index (κ2) is 7.00. The van der Waals surface area contributed by atoms with Crippen LogP contribution in [0.5, 0.6) is 0 Å². The van der Waals surface area contributed by atoms with Crippen molar-refractivity contribution in [3.8, 4) is 11.5 Å². The summed E-state index contributed by atoms with van der Waals surface area (Å²) in [5.41, 5.74) is 1.32. The van der Waals surface area contributed by atoms with Crippen molar-refractivity contribution >= 4 is 33.3 Å². The number of nitrogens with zero attached hydrogens (tertiary/aromatic N) is 4. The van der Waals surface area contributed by atoms with Crippen LogP contribution in [0.25, 0.3) is 21.7 Å². The standard InChI is InChI=1S/C17H13FN4O2S2/c1-2-22-16(23)14-12(7-8-25-14)19-17(22)26-9-13-20-15(24-21-13)10-3-5-11(18)6-4-10/h3-8H,2,9H2,1H3. The van der Waals surface area contributed by atoms with Gasteiger partial charge in [0, 0.05) is 12.1 Å². The minimum atomic E-state index is -0.323. The van der Waals surface area contributed by atoms with Gasteiger partial charge in [0.2, 0.25) is 0 Å². The summed E-state index contributed by atoms with van der Waals surface area (Å²) >= 11 is 2.78. The highest BCUT2D eigenvalue weighted by Crippen LogP contribution is 2.24. The first kappa shape index (κ1) is 16.9. The van der Waals surface area contributed by atoms with Gasteiger partial charge in [0.25, 0.3) is 11.4 Å². The molecule has 0 N–H and O–H groups in total. The van der Waals surface area contributed by atoms with Gasteiger partial charge in [-0.25, -0.2) is 9.37 Å². The number of hydrogen-bond acceptors (Lipinski definition) is 7. The maximum Gasteiger partial charge on any atom is 0.272 e. The first-order valence-electron chi connectivity index (χ1n) is 7.85. The molecule has 0 saturated heterocycles. The molecule has 4 rings (SSSR count). The van der Waals surface area contributed by atoms with Gasteiger partial charge < -0.3 is 4.52 Å². The van der Waals surface area contributed by atoms with Crippen molar-refractivity contribution in [2.75, 3.05) is 0 Å². The zero-order valence-electron chi connectivity index (χ0n) is 13.7. The van der Waals surface area contributed by atoms with Crippen molar-refractivity contribution in [3.63, 3.8) is 0 Å². The molecule has 0 amide bonds. The Kier molecular flexibility index (Phi) is 4.56. The van der Waals surface area contributed by atoms with Crippen LogP contribution in [0.2, 0.25) is 0 Å². The van der Waals surface area contributed by atoms with Crippen molar-refractivity contribution in [1.29, 1.82) is 0 Å². The van der Waals surface area contributed by atoms with Gasteiger partial charge in [0.15, 0.2) is 11.0 Å². The van der Waals surface area contributed by atoms with Crippen LogP contribution < -0.4 is 5.56 Å². The fraction of sp³-hybridized carbons (Fsp3) is 0.176. The average molecular weight is 388 g/mol. The lowest BCUT2D eigenvalue weighted by Crippen LogP contribution is -2.21. The van der Waals surface area contributed by atoms with E-state index in [0.717, 1.165) is 0 Å². The van der Waals surface area contributed by atoms with Crippen molar-refractivity contribution < 1.29 is 8.91 Å². The zero-order chi connectivity index (χ0) is 18.1. The van der Waals surface area contributed by atoms with Gasteiger partial charge in [0.1, 0.15) is 10.5 Å². The summed E-state index contributed by atoms with van der Waals surface area (Å²) in [6.07, 6.45) is 0. The number of rotatable bonds is 5. The fourth-order valence-corrected chi connectivity index (χ4v) is 4.15. The van der Waals surface area contributed by atoms with Gasteiger partial charge in [-0.15, -0.1) is 11.3 Å². The molecular formula is C17H13FN4O2S2. The lowest BCUT2D eigenvalue weighted by molar-refractivity contribution is 0.425. The Hall–Kier alpha value is -2.52. The minimum absolute atomic E-state index is 0.0323. The normalized spacial score (nSPS) is 11.3. The molecule has 0 bridgehead atoms. The molecule has 0 spiro atoms. The maximum atomic E-state index is 13.0. The van der Waals surface area contributed by atoms with Gasteiger partial charge >= 0.3 is 0 Å². The third-order valence-corrected chi connectivity index (χ3v) is 5.60. The number of thioether (sulfide) groups is 1. The lowest BCUT2D eigenvalue weighted by Gasteiger charge is -2.08. The van der Waals surface area contributed by atoms with Crippen LogP contribution in [0, 0.1) is 5.82 Å². The van der Waals surface area contributed by atoms with E-state index in [-0.39, 0.29) is 11.4 Å². The molecular weight excluding hydrogens is 375 g/mol. The molecule has 0 fully saturated rings. The number of benzene rings is 1. The van der Waals surface area contributed by atoms with E-state index in [1.54, 1.807) is 16.7 Å². The highest BCUT2D eigenvalue weighted by Gasteiger charge is 2.14. The van der Waals surface area contributed by atoms with Gasteiger partial charge in [0.05, 0.1) is 11.3 Å². The van der Waals surface area contributed by atoms with E-state index in [0.29, 0.717) is 44.9 Å². The van der Waals surface area contributed by atoms with E-state index in [2.05, 4.69) is 15.1 Å². The largest absolute Gasteiger partial charge is 0.334 e. The van der Waals surface area contributed by atoms with Crippen LogP contribution in [-0.2, 0) is 12.3 Å². The Labute approximate surface area is 155 Å². The van der Waals surface area contributed by atoms with Crippen molar-refractivity contribution in [3.05, 3.63) is 57.7 Å². The summed E-state index contributed by atoms with van der Waals surface area (Å²) < 4.78 is 20.5. The molecule has 6 nitrogen and oxygen atoms in total. The summed E-state index contributed by atoms with van der Waals surface area (Å²) in [5.74, 6) is 0.898. The predicted octanol–water partition coefficient (Wildman–Crippen LogP) is 3.96. The highest BCUT2D eigenvalue weighted by atomic mass is 32.2. The topological polar surface area (TPSA) is 73.8 Å². The van der Waals surface area contributed by atoms with E-state index in [9.17, 15) is 9.18 Å². The monoisotopic (exact) mass is 388 g/mol. The lowest BCUT2D eigenvalue weighted by atomic mass is 10.2.